The molecule has 168 valence electrons. The average Bonchev–Trinajstić information content (AvgIpc) is 3.17. The zero-order valence-electron chi connectivity index (χ0n) is 17.6. The highest BCUT2D eigenvalue weighted by molar-refractivity contribution is 6.07. The zero-order chi connectivity index (χ0) is 23.0. The lowest BCUT2D eigenvalue weighted by Gasteiger charge is -2.27. The Morgan fingerprint density at radius 3 is 2.58 bits per heavy atom. The fourth-order valence-corrected chi connectivity index (χ4v) is 4.34. The van der Waals surface area contributed by atoms with Crippen molar-refractivity contribution >= 4 is 21.9 Å². The van der Waals surface area contributed by atoms with Crippen molar-refractivity contribution in [2.75, 3.05) is 13.1 Å². The summed E-state index contributed by atoms with van der Waals surface area (Å²) in [6, 6.07) is 10.4. The summed E-state index contributed by atoms with van der Waals surface area (Å²) in [6.07, 6.45) is 1.64. The summed E-state index contributed by atoms with van der Waals surface area (Å²) in [5, 5.41) is 10.7. The Bertz CT molecular complexity index is 1370. The normalized spacial score (nSPS) is 15.1. The molecule has 0 radical (unpaired) electrons. The van der Waals surface area contributed by atoms with Crippen molar-refractivity contribution < 1.29 is 17.9 Å². The SMILES string of the molecule is N#Cc1cc2c(cn1)[nH]c1ncc(-c3ccc(CN4CCCCC4)c(OC(F)(F)F)c3)cc12. The molecule has 5 rings (SSSR count). The van der Waals surface area contributed by atoms with Gasteiger partial charge in [0.25, 0.3) is 0 Å². The second kappa shape index (κ2) is 8.37. The van der Waals surface area contributed by atoms with Crippen molar-refractivity contribution in [2.45, 2.75) is 32.2 Å². The number of benzene rings is 1. The molecule has 0 unspecified atom stereocenters. The Labute approximate surface area is 187 Å². The quantitative estimate of drug-likeness (QED) is 0.441. The topological polar surface area (TPSA) is 77.8 Å². The predicted octanol–water partition coefficient (Wildman–Crippen LogP) is 5.53. The molecule has 9 heteroatoms. The number of likely N-dealkylation sites (tertiary alicyclic amines) is 1. The highest BCUT2D eigenvalue weighted by Crippen LogP contribution is 2.34. The summed E-state index contributed by atoms with van der Waals surface area (Å²) >= 11 is 0. The van der Waals surface area contributed by atoms with E-state index in [-0.39, 0.29) is 11.4 Å². The first-order chi connectivity index (χ1) is 15.9. The molecule has 1 N–H and O–H groups in total. The second-order valence-electron chi connectivity index (χ2n) is 8.18. The number of fused-ring (bicyclic) bond motifs is 3. The van der Waals surface area contributed by atoms with Gasteiger partial charge in [0.1, 0.15) is 23.2 Å². The molecule has 1 fully saturated rings. The van der Waals surface area contributed by atoms with Gasteiger partial charge < -0.3 is 9.72 Å². The number of halogens is 3. The number of alkyl halides is 3. The van der Waals surface area contributed by atoms with Crippen LogP contribution in [0.5, 0.6) is 5.75 Å². The molecule has 33 heavy (non-hydrogen) atoms. The maximum absolute atomic E-state index is 13.2. The van der Waals surface area contributed by atoms with E-state index in [0.717, 1.165) is 48.6 Å². The van der Waals surface area contributed by atoms with Gasteiger partial charge in [-0.3, -0.25) is 4.90 Å². The van der Waals surface area contributed by atoms with E-state index in [2.05, 4.69) is 24.6 Å². The molecule has 1 aliphatic heterocycles. The molecule has 0 spiro atoms. The molecule has 6 nitrogen and oxygen atoms in total. The third kappa shape index (κ3) is 4.47. The van der Waals surface area contributed by atoms with Crippen LogP contribution in [-0.4, -0.2) is 39.3 Å². The van der Waals surface area contributed by atoms with E-state index in [9.17, 15) is 13.2 Å². The number of aromatic nitrogens is 3. The molecule has 0 amide bonds. The number of nitrogens with one attached hydrogen (secondary N) is 1. The van der Waals surface area contributed by atoms with Gasteiger partial charge in [-0.2, -0.15) is 5.26 Å². The van der Waals surface area contributed by atoms with Gasteiger partial charge in [-0.25, -0.2) is 9.97 Å². The molecular formula is C24H20F3N5O. The van der Waals surface area contributed by atoms with Crippen molar-refractivity contribution in [3.05, 3.63) is 54.0 Å². The maximum Gasteiger partial charge on any atom is 0.573 e. The predicted molar refractivity (Wildman–Crippen MR) is 117 cm³/mol. The fraction of sp³-hybridized carbons (Fsp3) is 0.292. The number of nitrogens with zero attached hydrogens (tertiary/aromatic N) is 4. The number of nitriles is 1. The Kier molecular flexibility index (Phi) is 5.38. The molecule has 1 saturated heterocycles. The number of aromatic amines is 1. The van der Waals surface area contributed by atoms with Crippen LogP contribution in [0.25, 0.3) is 33.1 Å². The lowest BCUT2D eigenvalue weighted by molar-refractivity contribution is -0.275. The van der Waals surface area contributed by atoms with Gasteiger partial charge in [0.15, 0.2) is 0 Å². The van der Waals surface area contributed by atoms with Crippen molar-refractivity contribution in [1.82, 2.24) is 19.9 Å². The van der Waals surface area contributed by atoms with Crippen LogP contribution < -0.4 is 4.74 Å². The van der Waals surface area contributed by atoms with Crippen LogP contribution in [0.4, 0.5) is 13.2 Å². The molecular weight excluding hydrogens is 431 g/mol. The van der Waals surface area contributed by atoms with Crippen LogP contribution in [0.3, 0.4) is 0 Å². The first kappa shape index (κ1) is 21.2. The number of ether oxygens (including phenoxy) is 1. The first-order valence-corrected chi connectivity index (χ1v) is 10.7. The molecule has 0 bridgehead atoms. The van der Waals surface area contributed by atoms with Crippen LogP contribution in [0, 0.1) is 11.3 Å². The van der Waals surface area contributed by atoms with E-state index in [1.165, 1.54) is 6.07 Å². The smallest absolute Gasteiger partial charge is 0.405 e. The number of pyridine rings is 2. The number of piperidine rings is 1. The van der Waals surface area contributed by atoms with E-state index in [1.807, 2.05) is 12.1 Å². The number of rotatable bonds is 4. The molecule has 4 aromatic rings. The number of H-pyrrole nitrogens is 1. The molecule has 0 atom stereocenters. The van der Waals surface area contributed by atoms with Crippen molar-refractivity contribution in [2.24, 2.45) is 0 Å². The summed E-state index contributed by atoms with van der Waals surface area (Å²) < 4.78 is 43.9. The highest BCUT2D eigenvalue weighted by atomic mass is 19.4. The van der Waals surface area contributed by atoms with Gasteiger partial charge >= 0.3 is 6.36 Å². The van der Waals surface area contributed by atoms with Crippen molar-refractivity contribution in [3.63, 3.8) is 0 Å². The molecule has 3 aromatic heterocycles. The Morgan fingerprint density at radius 1 is 1.00 bits per heavy atom. The van der Waals surface area contributed by atoms with Crippen LogP contribution in [-0.2, 0) is 6.54 Å². The van der Waals surface area contributed by atoms with Crippen LogP contribution in [0.1, 0.15) is 30.5 Å². The molecule has 4 heterocycles. The lowest BCUT2D eigenvalue weighted by atomic mass is 10.0. The standard InChI is InChI=1S/C24H20F3N5O/c25-24(26,27)33-22-9-15(4-5-16(22)14-32-6-2-1-3-7-32)17-8-20-19-10-18(11-28)29-13-21(19)31-23(20)30-12-17/h4-5,8-10,12-13H,1-3,6-7,14H2,(H,30,31). The first-order valence-electron chi connectivity index (χ1n) is 10.7. The zero-order valence-corrected chi connectivity index (χ0v) is 17.6. The fourth-order valence-electron chi connectivity index (χ4n) is 4.34. The molecule has 0 saturated carbocycles. The third-order valence-electron chi connectivity index (χ3n) is 5.92. The Morgan fingerprint density at radius 2 is 1.82 bits per heavy atom. The van der Waals surface area contributed by atoms with Gasteiger partial charge in [-0.15, -0.1) is 13.2 Å². The Balaban J connectivity index is 1.55. The lowest BCUT2D eigenvalue weighted by Crippen LogP contribution is -2.29. The van der Waals surface area contributed by atoms with E-state index < -0.39 is 6.36 Å². The molecule has 1 aromatic carbocycles. The highest BCUT2D eigenvalue weighted by Gasteiger charge is 2.32. The maximum atomic E-state index is 13.2. The van der Waals surface area contributed by atoms with Crippen molar-refractivity contribution in [1.29, 1.82) is 5.26 Å². The number of hydrogen-bond acceptors (Lipinski definition) is 5. The van der Waals surface area contributed by atoms with E-state index in [0.29, 0.717) is 28.9 Å². The van der Waals surface area contributed by atoms with Gasteiger partial charge in [-0.05, 0) is 49.7 Å². The summed E-state index contributed by atoms with van der Waals surface area (Å²) in [7, 11) is 0. The average molecular weight is 451 g/mol. The Hall–Kier alpha value is -3.64. The van der Waals surface area contributed by atoms with E-state index in [4.69, 9.17) is 5.26 Å². The minimum Gasteiger partial charge on any atom is -0.405 e. The van der Waals surface area contributed by atoms with Crippen LogP contribution in [0.15, 0.2) is 42.7 Å². The van der Waals surface area contributed by atoms with Crippen LogP contribution in [0.2, 0.25) is 0 Å². The van der Waals surface area contributed by atoms with Crippen molar-refractivity contribution in [3.8, 4) is 22.9 Å². The minimum absolute atomic E-state index is 0.194. The summed E-state index contributed by atoms with van der Waals surface area (Å²) in [4.78, 5) is 13.8. The summed E-state index contributed by atoms with van der Waals surface area (Å²) in [5.41, 5.74) is 3.33. The minimum atomic E-state index is -4.78. The molecule has 1 aliphatic rings. The van der Waals surface area contributed by atoms with Gasteiger partial charge in [0.2, 0.25) is 0 Å². The third-order valence-corrected chi connectivity index (χ3v) is 5.92. The van der Waals surface area contributed by atoms with Gasteiger partial charge in [-0.1, -0.05) is 18.6 Å². The van der Waals surface area contributed by atoms with Crippen LogP contribution >= 0.6 is 0 Å². The van der Waals surface area contributed by atoms with Gasteiger partial charge in [0.05, 0.1) is 11.7 Å². The van der Waals surface area contributed by atoms with Gasteiger partial charge in [0, 0.05) is 34.6 Å². The second-order valence-corrected chi connectivity index (χ2v) is 8.18. The summed E-state index contributed by atoms with van der Waals surface area (Å²) in [5.74, 6) is -0.194. The largest absolute Gasteiger partial charge is 0.573 e. The number of hydrogen-bond donors (Lipinski definition) is 1. The van der Waals surface area contributed by atoms with E-state index >= 15 is 0 Å². The molecule has 0 aliphatic carbocycles. The monoisotopic (exact) mass is 451 g/mol. The van der Waals surface area contributed by atoms with E-state index in [1.54, 1.807) is 30.6 Å². The summed E-state index contributed by atoms with van der Waals surface area (Å²) in [6.45, 7) is 2.15.